The number of benzene rings is 2. The van der Waals surface area contributed by atoms with E-state index in [-0.39, 0.29) is 0 Å². The Bertz CT molecular complexity index is 608. The minimum Gasteiger partial charge on any atom is -0.389 e. The predicted octanol–water partition coefficient (Wildman–Crippen LogP) is 4.23. The molecule has 21 heavy (non-hydrogen) atoms. The SMILES string of the molecule is Cc1cccc(C(N)=S)c1NCCC(C)c1ccccc1. The molecule has 0 spiro atoms. The molecule has 0 bridgehead atoms. The van der Waals surface area contributed by atoms with E-state index in [4.69, 9.17) is 18.0 Å². The van der Waals surface area contributed by atoms with Gasteiger partial charge in [-0.2, -0.15) is 0 Å². The lowest BCUT2D eigenvalue weighted by molar-refractivity contribution is 0.706. The lowest BCUT2D eigenvalue weighted by Crippen LogP contribution is -2.15. The van der Waals surface area contributed by atoms with Crippen LogP contribution in [0.25, 0.3) is 0 Å². The lowest BCUT2D eigenvalue weighted by atomic mass is 9.98. The normalized spacial score (nSPS) is 11.9. The largest absolute Gasteiger partial charge is 0.389 e. The molecule has 0 saturated heterocycles. The van der Waals surface area contributed by atoms with Gasteiger partial charge in [-0.25, -0.2) is 0 Å². The maximum atomic E-state index is 5.80. The fourth-order valence-corrected chi connectivity index (χ4v) is 2.64. The minimum absolute atomic E-state index is 0.442. The molecular formula is C18H22N2S. The van der Waals surface area contributed by atoms with Crippen molar-refractivity contribution in [2.45, 2.75) is 26.2 Å². The molecule has 0 aliphatic carbocycles. The third-order valence-electron chi connectivity index (χ3n) is 3.79. The van der Waals surface area contributed by atoms with Crippen molar-refractivity contribution in [1.29, 1.82) is 0 Å². The third kappa shape index (κ3) is 4.05. The Morgan fingerprint density at radius 1 is 1.14 bits per heavy atom. The zero-order chi connectivity index (χ0) is 15.2. The van der Waals surface area contributed by atoms with Crippen LogP contribution in [0.2, 0.25) is 0 Å². The molecule has 2 rings (SSSR count). The van der Waals surface area contributed by atoms with Gasteiger partial charge in [-0.1, -0.05) is 61.6 Å². The minimum atomic E-state index is 0.442. The highest BCUT2D eigenvalue weighted by Gasteiger charge is 2.09. The summed E-state index contributed by atoms with van der Waals surface area (Å²) in [5, 5.41) is 3.50. The molecule has 0 fully saturated rings. The van der Waals surface area contributed by atoms with Gasteiger partial charge in [-0.3, -0.25) is 0 Å². The zero-order valence-corrected chi connectivity index (χ0v) is 13.4. The van der Waals surface area contributed by atoms with Gasteiger partial charge >= 0.3 is 0 Å². The summed E-state index contributed by atoms with van der Waals surface area (Å²) in [4.78, 5) is 0.442. The molecule has 0 aliphatic heterocycles. The second-order valence-electron chi connectivity index (χ2n) is 5.39. The van der Waals surface area contributed by atoms with Crippen LogP contribution in [-0.4, -0.2) is 11.5 Å². The Kier molecular flexibility index (Phi) is 5.34. The Balaban J connectivity index is 1.99. The molecule has 110 valence electrons. The predicted molar refractivity (Wildman–Crippen MR) is 95.0 cm³/mol. The average molecular weight is 298 g/mol. The smallest absolute Gasteiger partial charge is 0.106 e. The Morgan fingerprint density at radius 2 is 1.86 bits per heavy atom. The molecule has 3 heteroatoms. The van der Waals surface area contributed by atoms with Crippen molar-refractivity contribution in [3.05, 3.63) is 65.2 Å². The number of nitrogens with two attached hydrogens (primary N) is 1. The number of nitrogens with one attached hydrogen (secondary N) is 1. The number of aryl methyl sites for hydroxylation is 1. The molecule has 1 atom stereocenters. The van der Waals surface area contributed by atoms with Crippen LogP contribution < -0.4 is 11.1 Å². The fraction of sp³-hybridized carbons (Fsp3) is 0.278. The van der Waals surface area contributed by atoms with E-state index in [0.29, 0.717) is 10.9 Å². The maximum absolute atomic E-state index is 5.80. The third-order valence-corrected chi connectivity index (χ3v) is 4.01. The number of hydrogen-bond acceptors (Lipinski definition) is 2. The van der Waals surface area contributed by atoms with E-state index in [2.05, 4.69) is 55.6 Å². The molecule has 0 heterocycles. The summed E-state index contributed by atoms with van der Waals surface area (Å²) < 4.78 is 0. The van der Waals surface area contributed by atoms with Crippen molar-refractivity contribution < 1.29 is 0 Å². The highest BCUT2D eigenvalue weighted by atomic mass is 32.1. The van der Waals surface area contributed by atoms with Crippen molar-refractivity contribution in [2.75, 3.05) is 11.9 Å². The van der Waals surface area contributed by atoms with Gasteiger partial charge in [-0.05, 0) is 36.5 Å². The topological polar surface area (TPSA) is 38.0 Å². The summed E-state index contributed by atoms with van der Waals surface area (Å²) in [5.41, 5.74) is 10.3. The molecule has 2 nitrogen and oxygen atoms in total. The Hall–Kier alpha value is -1.87. The van der Waals surface area contributed by atoms with Gasteiger partial charge in [0.1, 0.15) is 4.99 Å². The molecule has 0 amide bonds. The molecular weight excluding hydrogens is 276 g/mol. The van der Waals surface area contributed by atoms with Crippen LogP contribution in [0, 0.1) is 6.92 Å². The van der Waals surface area contributed by atoms with Crippen LogP contribution in [0.3, 0.4) is 0 Å². The number of thiocarbonyl (C=S) groups is 1. The Morgan fingerprint density at radius 3 is 2.52 bits per heavy atom. The summed E-state index contributed by atoms with van der Waals surface area (Å²) in [6, 6.07) is 16.6. The second-order valence-corrected chi connectivity index (χ2v) is 5.83. The van der Waals surface area contributed by atoms with Gasteiger partial charge in [-0.15, -0.1) is 0 Å². The van der Waals surface area contributed by atoms with E-state index in [1.54, 1.807) is 0 Å². The maximum Gasteiger partial charge on any atom is 0.106 e. The summed E-state index contributed by atoms with van der Waals surface area (Å²) >= 11 is 5.13. The highest BCUT2D eigenvalue weighted by molar-refractivity contribution is 7.80. The van der Waals surface area contributed by atoms with Crippen LogP contribution in [0.1, 0.15) is 36.0 Å². The van der Waals surface area contributed by atoms with Crippen molar-refractivity contribution in [1.82, 2.24) is 0 Å². The van der Waals surface area contributed by atoms with E-state index in [1.807, 2.05) is 12.1 Å². The molecule has 0 aliphatic rings. The van der Waals surface area contributed by atoms with Crippen LogP contribution in [0.15, 0.2) is 48.5 Å². The van der Waals surface area contributed by atoms with Crippen molar-refractivity contribution in [3.63, 3.8) is 0 Å². The van der Waals surface area contributed by atoms with E-state index in [0.717, 1.165) is 24.2 Å². The standard InChI is InChI=1S/C18H22N2S/c1-13(15-8-4-3-5-9-15)11-12-20-17-14(2)7-6-10-16(17)18(19)21/h3-10,13,20H,11-12H2,1-2H3,(H2,19,21). The average Bonchev–Trinajstić information content (AvgIpc) is 2.49. The van der Waals surface area contributed by atoms with Crippen molar-refractivity contribution in [2.24, 2.45) is 5.73 Å². The van der Waals surface area contributed by atoms with Gasteiger partial charge in [0.05, 0.1) is 0 Å². The fourth-order valence-electron chi connectivity index (χ4n) is 2.47. The van der Waals surface area contributed by atoms with Crippen LogP contribution in [0.4, 0.5) is 5.69 Å². The Labute approximate surface area is 132 Å². The molecule has 3 N–H and O–H groups in total. The van der Waals surface area contributed by atoms with Crippen LogP contribution in [0.5, 0.6) is 0 Å². The molecule has 0 aromatic heterocycles. The van der Waals surface area contributed by atoms with Gasteiger partial charge in [0.25, 0.3) is 0 Å². The number of anilines is 1. The first-order valence-corrected chi connectivity index (χ1v) is 7.68. The first-order valence-electron chi connectivity index (χ1n) is 7.28. The molecule has 2 aromatic rings. The molecule has 0 saturated carbocycles. The number of para-hydroxylation sites is 1. The number of rotatable bonds is 6. The summed E-state index contributed by atoms with van der Waals surface area (Å²) in [5.74, 6) is 0.524. The first-order chi connectivity index (χ1) is 10.1. The van der Waals surface area contributed by atoms with Crippen molar-refractivity contribution >= 4 is 22.9 Å². The summed E-state index contributed by atoms with van der Waals surface area (Å²) in [6.07, 6.45) is 1.06. The molecule has 1 unspecified atom stereocenters. The van der Waals surface area contributed by atoms with Crippen molar-refractivity contribution in [3.8, 4) is 0 Å². The van der Waals surface area contributed by atoms with E-state index in [1.165, 1.54) is 11.1 Å². The quantitative estimate of drug-likeness (QED) is 0.784. The number of hydrogen-bond donors (Lipinski definition) is 2. The molecule has 2 aromatic carbocycles. The monoisotopic (exact) mass is 298 g/mol. The van der Waals surface area contributed by atoms with Gasteiger partial charge in [0, 0.05) is 17.8 Å². The second kappa shape index (κ2) is 7.23. The van der Waals surface area contributed by atoms with E-state index < -0.39 is 0 Å². The first kappa shape index (κ1) is 15.5. The highest BCUT2D eigenvalue weighted by Crippen LogP contribution is 2.22. The van der Waals surface area contributed by atoms with E-state index >= 15 is 0 Å². The van der Waals surface area contributed by atoms with Gasteiger partial charge < -0.3 is 11.1 Å². The lowest BCUT2D eigenvalue weighted by Gasteiger charge is -2.16. The molecule has 0 radical (unpaired) electrons. The summed E-state index contributed by atoms with van der Waals surface area (Å²) in [7, 11) is 0. The zero-order valence-electron chi connectivity index (χ0n) is 12.6. The van der Waals surface area contributed by atoms with Gasteiger partial charge in [0.15, 0.2) is 0 Å². The van der Waals surface area contributed by atoms with Gasteiger partial charge in [0.2, 0.25) is 0 Å². The summed E-state index contributed by atoms with van der Waals surface area (Å²) in [6.45, 7) is 5.23. The van der Waals surface area contributed by atoms with E-state index in [9.17, 15) is 0 Å². The van der Waals surface area contributed by atoms with Crippen LogP contribution >= 0.6 is 12.2 Å². The van der Waals surface area contributed by atoms with Crippen LogP contribution in [-0.2, 0) is 0 Å².